The smallest absolute Gasteiger partial charge is 0.408 e. The minimum Gasteiger partial charge on any atom is -0.506 e. The zero-order valence-corrected chi connectivity index (χ0v) is 33.8. The van der Waals surface area contributed by atoms with E-state index < -0.39 is 18.2 Å². The first kappa shape index (κ1) is 41.5. The normalized spacial score (nSPS) is 18.3. The monoisotopic (exact) mass is 801 g/mol. The van der Waals surface area contributed by atoms with Crippen LogP contribution in [0.4, 0.5) is 4.79 Å². The first-order valence-corrected chi connectivity index (χ1v) is 20.7. The van der Waals surface area contributed by atoms with Crippen molar-refractivity contribution in [2.75, 3.05) is 45.8 Å². The number of phenolic OH excluding ortho intramolecular Hbond substituents is 1. The molecule has 3 aliphatic rings. The highest BCUT2D eigenvalue weighted by molar-refractivity contribution is 5.94. The molecule has 12 heteroatoms. The van der Waals surface area contributed by atoms with Crippen LogP contribution in [-0.2, 0) is 11.3 Å². The van der Waals surface area contributed by atoms with Gasteiger partial charge in [-0.3, -0.25) is 14.5 Å². The van der Waals surface area contributed by atoms with Crippen LogP contribution in [0.15, 0.2) is 108 Å². The fourth-order valence-electron chi connectivity index (χ4n) is 8.22. The van der Waals surface area contributed by atoms with Crippen LogP contribution in [0.5, 0.6) is 11.5 Å². The molecule has 4 heterocycles. The highest BCUT2D eigenvalue weighted by Gasteiger charge is 2.37. The van der Waals surface area contributed by atoms with Crippen LogP contribution < -0.4 is 20.9 Å². The van der Waals surface area contributed by atoms with Crippen LogP contribution in [0.25, 0.3) is 10.9 Å². The number of aliphatic hydroxyl groups excluding tert-OH is 1. The lowest BCUT2D eigenvalue weighted by Crippen LogP contribution is -2.52. The minimum absolute atomic E-state index is 0.0464. The van der Waals surface area contributed by atoms with E-state index in [9.17, 15) is 24.6 Å². The van der Waals surface area contributed by atoms with Crippen molar-refractivity contribution in [3.05, 3.63) is 141 Å². The molecule has 0 aliphatic carbocycles. The van der Waals surface area contributed by atoms with Gasteiger partial charge in [0.1, 0.15) is 24.2 Å². The van der Waals surface area contributed by atoms with E-state index in [1.807, 2.05) is 83.8 Å². The molecule has 0 saturated carbocycles. The number of amides is 2. The Morgan fingerprint density at radius 3 is 2.42 bits per heavy atom. The number of carbonyl (C=O) groups is 2. The van der Waals surface area contributed by atoms with Crippen LogP contribution in [-0.4, -0.2) is 88.9 Å². The van der Waals surface area contributed by atoms with Crippen molar-refractivity contribution in [1.29, 1.82) is 0 Å². The summed E-state index contributed by atoms with van der Waals surface area (Å²) in [5, 5.41) is 28.1. The van der Waals surface area contributed by atoms with Crippen molar-refractivity contribution in [2.24, 2.45) is 11.8 Å². The fraction of sp³-hybridized carbons (Fsp3) is 0.383. The molecular formula is C47H55N5O7. The average Bonchev–Trinajstić information content (AvgIpc) is 3.25. The van der Waals surface area contributed by atoms with Gasteiger partial charge in [0.25, 0.3) is 5.91 Å². The number of aromatic hydroxyl groups is 1. The molecule has 0 spiro atoms. The maximum atomic E-state index is 13.7. The predicted octanol–water partition coefficient (Wildman–Crippen LogP) is 6.53. The largest absolute Gasteiger partial charge is 0.506 e. The molecule has 59 heavy (non-hydrogen) atoms. The Bertz CT molecular complexity index is 2240. The summed E-state index contributed by atoms with van der Waals surface area (Å²) in [5.74, 6) is 1.26. The molecular weight excluding hydrogens is 747 g/mol. The zero-order valence-electron chi connectivity index (χ0n) is 33.8. The van der Waals surface area contributed by atoms with Crippen LogP contribution in [0, 0.1) is 11.8 Å². The molecule has 12 nitrogen and oxygen atoms in total. The summed E-state index contributed by atoms with van der Waals surface area (Å²) in [6.45, 7) is 9.42. The molecule has 0 radical (unpaired) electrons. The summed E-state index contributed by atoms with van der Waals surface area (Å²) >= 11 is 0. The third-order valence-corrected chi connectivity index (χ3v) is 11.3. The van der Waals surface area contributed by atoms with Crippen LogP contribution in [0.2, 0.25) is 0 Å². The third-order valence-electron chi connectivity index (χ3n) is 11.3. The second-order valence-electron chi connectivity index (χ2n) is 16.1. The number of aromatic nitrogens is 1. The number of phenols is 1. The van der Waals surface area contributed by atoms with Gasteiger partial charge in [-0.05, 0) is 109 Å². The number of carbonyl (C=O) groups excluding carboxylic acids is 2. The number of H-pyrrole nitrogens is 1. The van der Waals surface area contributed by atoms with Gasteiger partial charge in [-0.15, -0.1) is 0 Å². The lowest BCUT2D eigenvalue weighted by Gasteiger charge is -2.43. The minimum atomic E-state index is -0.859. The van der Waals surface area contributed by atoms with E-state index in [0.717, 1.165) is 49.2 Å². The van der Waals surface area contributed by atoms with Gasteiger partial charge in [0, 0.05) is 43.2 Å². The van der Waals surface area contributed by atoms with Crippen molar-refractivity contribution in [3.8, 4) is 11.5 Å². The van der Waals surface area contributed by atoms with E-state index in [1.54, 1.807) is 12.1 Å². The summed E-state index contributed by atoms with van der Waals surface area (Å²) < 4.78 is 12.2. The number of aromatic amines is 1. The molecule has 2 bridgehead atoms. The van der Waals surface area contributed by atoms with E-state index in [2.05, 4.69) is 34.4 Å². The van der Waals surface area contributed by atoms with Gasteiger partial charge in [0.15, 0.2) is 0 Å². The lowest BCUT2D eigenvalue weighted by molar-refractivity contribution is -0.0336. The van der Waals surface area contributed by atoms with Crippen molar-refractivity contribution >= 4 is 22.9 Å². The van der Waals surface area contributed by atoms with Crippen molar-refractivity contribution < 1.29 is 29.3 Å². The van der Waals surface area contributed by atoms with Gasteiger partial charge in [-0.2, -0.15) is 0 Å². The highest BCUT2D eigenvalue weighted by atomic mass is 16.6. The first-order chi connectivity index (χ1) is 28.6. The van der Waals surface area contributed by atoms with Crippen molar-refractivity contribution in [1.82, 2.24) is 25.4 Å². The number of nitrogens with one attached hydrogen (secondary N) is 3. The second kappa shape index (κ2) is 19.4. The van der Waals surface area contributed by atoms with Gasteiger partial charge >= 0.3 is 6.09 Å². The molecule has 4 aromatic carbocycles. The molecule has 310 valence electrons. The van der Waals surface area contributed by atoms with Gasteiger partial charge in [0.05, 0.1) is 17.7 Å². The van der Waals surface area contributed by atoms with E-state index in [1.165, 1.54) is 12.1 Å². The first-order valence-electron chi connectivity index (χ1n) is 20.7. The number of pyridine rings is 1. The third kappa shape index (κ3) is 10.7. The molecule has 2 amide bonds. The fourth-order valence-corrected chi connectivity index (χ4v) is 8.22. The average molecular weight is 802 g/mol. The van der Waals surface area contributed by atoms with Crippen LogP contribution in [0.1, 0.15) is 77.9 Å². The number of hydrogen-bond donors (Lipinski definition) is 5. The molecule has 3 fully saturated rings. The quantitative estimate of drug-likeness (QED) is 0.0660. The topological polar surface area (TPSA) is 156 Å². The highest BCUT2D eigenvalue weighted by Crippen LogP contribution is 2.31. The molecule has 5 N–H and O–H groups in total. The van der Waals surface area contributed by atoms with Gasteiger partial charge in [-0.1, -0.05) is 74.5 Å². The summed E-state index contributed by atoms with van der Waals surface area (Å²) in [4.78, 5) is 45.6. The number of fused-ring (bicyclic) bond motifs is 4. The number of aliphatic hydroxyl groups is 1. The van der Waals surface area contributed by atoms with Crippen molar-refractivity contribution in [2.45, 2.75) is 58.0 Å². The van der Waals surface area contributed by atoms with Gasteiger partial charge in [-0.25, -0.2) is 4.79 Å². The SMILES string of the molecule is CC(C)CN(CCCNCC(O)c1ccc(O)c2[nH]c(=O)ccc12)C(=O)c1ccc(COc2cccc([C@@H](NC(=O)OC3CN4CCC3CC4)c3ccccc3)c2)cc1. The van der Waals surface area contributed by atoms with E-state index in [4.69, 9.17) is 9.47 Å². The maximum Gasteiger partial charge on any atom is 0.408 e. The Kier molecular flexibility index (Phi) is 13.6. The Morgan fingerprint density at radius 2 is 1.69 bits per heavy atom. The van der Waals surface area contributed by atoms with Gasteiger partial charge < -0.3 is 40.2 Å². The standard InChI is InChI=1S/C47H55N5O7/c1-31(2)28-52(23-7-22-48-27-41(54)38-16-18-40(53)45-39(38)17-19-43(55)49-45)46(56)35-14-12-32(13-15-35)30-58-37-11-6-10-36(26-37)44(34-8-4-3-5-9-34)50-47(57)59-42-29-51-24-20-33(42)21-25-51/h3-6,8-19,26,31,33,41-42,44,48,53-54H,7,20-25,27-30H2,1-2H3,(H,49,55)(H,50,57)/t41?,42?,44-/m0/s1. The van der Waals surface area contributed by atoms with Crippen molar-refractivity contribution in [3.63, 3.8) is 0 Å². The molecule has 3 atom stereocenters. The molecule has 3 aliphatic heterocycles. The Balaban J connectivity index is 0.917. The van der Waals surface area contributed by atoms with Gasteiger partial charge in [0.2, 0.25) is 5.56 Å². The molecule has 2 unspecified atom stereocenters. The number of benzene rings is 4. The van der Waals surface area contributed by atoms with E-state index >= 15 is 0 Å². The number of nitrogens with zero attached hydrogens (tertiary/aromatic N) is 2. The number of alkyl carbamates (subject to hydrolysis) is 1. The molecule has 1 aromatic heterocycles. The molecule has 5 aromatic rings. The summed E-state index contributed by atoms with van der Waals surface area (Å²) in [6.07, 6.45) is 1.45. The summed E-state index contributed by atoms with van der Waals surface area (Å²) in [5.41, 5.74) is 3.89. The number of piperidine rings is 3. The maximum absolute atomic E-state index is 13.7. The number of ether oxygens (including phenoxy) is 2. The Morgan fingerprint density at radius 1 is 0.932 bits per heavy atom. The van der Waals surface area contributed by atoms with Crippen LogP contribution >= 0.6 is 0 Å². The molecule has 3 saturated heterocycles. The predicted molar refractivity (Wildman–Crippen MR) is 227 cm³/mol. The summed E-state index contributed by atoms with van der Waals surface area (Å²) in [6, 6.07) is 30.8. The lowest BCUT2D eigenvalue weighted by atomic mass is 9.86. The second-order valence-corrected chi connectivity index (χ2v) is 16.1. The Labute approximate surface area is 345 Å². The molecule has 8 rings (SSSR count). The summed E-state index contributed by atoms with van der Waals surface area (Å²) in [7, 11) is 0. The number of rotatable bonds is 17. The Hall–Kier alpha value is -5.69. The van der Waals surface area contributed by atoms with Crippen LogP contribution in [0.3, 0.4) is 0 Å². The number of hydrogen-bond acceptors (Lipinski definition) is 9. The van der Waals surface area contributed by atoms with E-state index in [0.29, 0.717) is 66.4 Å². The zero-order chi connectivity index (χ0) is 41.3. The van der Waals surface area contributed by atoms with E-state index in [-0.39, 0.29) is 35.8 Å².